The van der Waals surface area contributed by atoms with Gasteiger partial charge in [0, 0.05) is 12.2 Å². The summed E-state index contributed by atoms with van der Waals surface area (Å²) in [6, 6.07) is 0.686. The van der Waals surface area contributed by atoms with E-state index in [-0.39, 0.29) is 22.3 Å². The molecular weight excluding hydrogens is 399 g/mol. The number of amides is 2. The second kappa shape index (κ2) is 8.00. The molecule has 0 bridgehead atoms. The first kappa shape index (κ1) is 22.5. The fourth-order valence-corrected chi connectivity index (χ4v) is 2.56. The van der Waals surface area contributed by atoms with E-state index in [9.17, 15) is 27.2 Å². The van der Waals surface area contributed by atoms with Gasteiger partial charge in [-0.3, -0.25) is 9.59 Å². The number of rotatable bonds is 4. The van der Waals surface area contributed by atoms with Gasteiger partial charge in [0.25, 0.3) is 0 Å². The molecule has 0 aliphatic carbocycles. The normalized spacial score (nSPS) is 13.3. The lowest BCUT2D eigenvalue weighted by molar-refractivity contribution is -0.189. The van der Waals surface area contributed by atoms with E-state index >= 15 is 0 Å². The van der Waals surface area contributed by atoms with Crippen molar-refractivity contribution in [3.63, 3.8) is 0 Å². The topological polar surface area (TPSA) is 49.4 Å². The number of alkyl halides is 3. The highest BCUT2D eigenvalue weighted by atomic mass is 35.5. The van der Waals surface area contributed by atoms with Crippen LogP contribution in [0.25, 0.3) is 0 Å². The first-order valence-electron chi connectivity index (χ1n) is 7.46. The van der Waals surface area contributed by atoms with Crippen LogP contribution in [0.15, 0.2) is 12.1 Å². The van der Waals surface area contributed by atoms with Gasteiger partial charge >= 0.3 is 12.1 Å². The van der Waals surface area contributed by atoms with Gasteiger partial charge < -0.3 is 10.2 Å². The van der Waals surface area contributed by atoms with E-state index in [1.165, 1.54) is 0 Å². The Balaban J connectivity index is 3.08. The number of nitrogens with one attached hydrogen (secondary N) is 1. The van der Waals surface area contributed by atoms with E-state index < -0.39 is 35.3 Å². The highest BCUT2D eigenvalue weighted by molar-refractivity contribution is 6.35. The monoisotopic (exact) mass is 416 g/mol. The molecule has 1 atom stereocenters. The van der Waals surface area contributed by atoms with Gasteiger partial charge in [0.15, 0.2) is 5.82 Å². The van der Waals surface area contributed by atoms with Crippen molar-refractivity contribution in [2.24, 2.45) is 5.41 Å². The molecular formula is C16H18Cl2F4N2O2. The second-order valence-corrected chi connectivity index (χ2v) is 7.72. The minimum atomic E-state index is -5.12. The number of nitrogens with zero attached hydrogens (tertiary/aromatic N) is 1. The summed E-state index contributed by atoms with van der Waals surface area (Å²) in [6.07, 6.45) is -5.12. The van der Waals surface area contributed by atoms with Crippen LogP contribution < -0.4 is 5.32 Å². The molecule has 0 saturated heterocycles. The van der Waals surface area contributed by atoms with Crippen molar-refractivity contribution < 1.29 is 27.2 Å². The SMILES string of the molecule is C[C@H](C(=O)Nc1cc(Cl)c(F)c(Cl)c1)N(CC(C)(C)C)C(=O)C(F)(F)F. The highest BCUT2D eigenvalue weighted by Crippen LogP contribution is 2.28. The Hall–Kier alpha value is -1.54. The summed E-state index contributed by atoms with van der Waals surface area (Å²) in [5.41, 5.74) is -0.689. The van der Waals surface area contributed by atoms with Crippen LogP contribution in [0.1, 0.15) is 27.7 Å². The fraction of sp³-hybridized carbons (Fsp3) is 0.500. The molecule has 0 heterocycles. The van der Waals surface area contributed by atoms with Crippen LogP contribution in [0.4, 0.5) is 23.2 Å². The van der Waals surface area contributed by atoms with E-state index in [1.54, 1.807) is 20.8 Å². The van der Waals surface area contributed by atoms with Crippen LogP contribution in [0, 0.1) is 11.2 Å². The number of hydrogen-bond acceptors (Lipinski definition) is 2. The first-order chi connectivity index (χ1) is 11.6. The Bertz CT molecular complexity index is 679. The largest absolute Gasteiger partial charge is 0.471 e. The van der Waals surface area contributed by atoms with Crippen molar-refractivity contribution >= 4 is 40.7 Å². The first-order valence-corrected chi connectivity index (χ1v) is 8.22. The lowest BCUT2D eigenvalue weighted by Gasteiger charge is -2.34. The smallest absolute Gasteiger partial charge is 0.324 e. The minimum absolute atomic E-state index is 0.00610. The van der Waals surface area contributed by atoms with E-state index in [1.807, 2.05) is 0 Å². The molecule has 0 radical (unpaired) electrons. The van der Waals surface area contributed by atoms with Crippen LogP contribution in [-0.2, 0) is 9.59 Å². The van der Waals surface area contributed by atoms with E-state index in [2.05, 4.69) is 5.32 Å². The van der Waals surface area contributed by atoms with Crippen molar-refractivity contribution in [1.82, 2.24) is 4.90 Å². The maximum atomic E-state index is 13.4. The third-order valence-corrected chi connectivity index (χ3v) is 3.80. The molecule has 2 amide bonds. The molecule has 0 spiro atoms. The molecule has 0 aliphatic heterocycles. The number of carbonyl (C=O) groups excluding carboxylic acids is 2. The molecule has 1 N–H and O–H groups in total. The van der Waals surface area contributed by atoms with Crippen LogP contribution in [0.5, 0.6) is 0 Å². The Morgan fingerprint density at radius 1 is 1.15 bits per heavy atom. The predicted molar refractivity (Wildman–Crippen MR) is 91.7 cm³/mol. The van der Waals surface area contributed by atoms with Crippen LogP contribution in [-0.4, -0.2) is 35.5 Å². The lowest BCUT2D eigenvalue weighted by Crippen LogP contribution is -2.53. The van der Waals surface area contributed by atoms with Gasteiger partial charge in [0.1, 0.15) is 6.04 Å². The molecule has 1 aromatic rings. The molecule has 10 heteroatoms. The summed E-state index contributed by atoms with van der Waals surface area (Å²) < 4.78 is 52.0. The third kappa shape index (κ3) is 6.02. The third-order valence-electron chi connectivity index (χ3n) is 3.25. The van der Waals surface area contributed by atoms with E-state index in [0.29, 0.717) is 4.90 Å². The number of hydrogen-bond donors (Lipinski definition) is 1. The van der Waals surface area contributed by atoms with Crippen LogP contribution in [0.3, 0.4) is 0 Å². The predicted octanol–water partition coefficient (Wildman–Crippen LogP) is 4.90. The summed E-state index contributed by atoms with van der Waals surface area (Å²) in [7, 11) is 0. The average Bonchev–Trinajstić information content (AvgIpc) is 2.46. The Morgan fingerprint density at radius 3 is 2.00 bits per heavy atom. The zero-order valence-corrected chi connectivity index (χ0v) is 16.0. The summed E-state index contributed by atoms with van der Waals surface area (Å²) in [4.78, 5) is 24.5. The fourth-order valence-electron chi connectivity index (χ4n) is 2.07. The lowest BCUT2D eigenvalue weighted by atomic mass is 9.95. The van der Waals surface area contributed by atoms with Crippen molar-refractivity contribution in [2.45, 2.75) is 39.9 Å². The van der Waals surface area contributed by atoms with Crippen molar-refractivity contribution in [3.05, 3.63) is 28.0 Å². The number of carbonyl (C=O) groups is 2. The zero-order chi connectivity index (χ0) is 20.4. The highest BCUT2D eigenvalue weighted by Gasteiger charge is 2.46. The van der Waals surface area contributed by atoms with Gasteiger partial charge in [-0.05, 0) is 24.5 Å². The number of anilines is 1. The molecule has 0 saturated carbocycles. The van der Waals surface area contributed by atoms with Gasteiger partial charge in [-0.2, -0.15) is 13.2 Å². The van der Waals surface area contributed by atoms with Crippen LogP contribution >= 0.6 is 23.2 Å². The van der Waals surface area contributed by atoms with Crippen molar-refractivity contribution in [3.8, 4) is 0 Å². The Morgan fingerprint density at radius 2 is 1.62 bits per heavy atom. The minimum Gasteiger partial charge on any atom is -0.324 e. The molecule has 4 nitrogen and oxygen atoms in total. The molecule has 0 unspecified atom stereocenters. The summed E-state index contributed by atoms with van der Waals surface area (Å²) >= 11 is 11.2. The second-order valence-electron chi connectivity index (χ2n) is 6.91. The van der Waals surface area contributed by atoms with Gasteiger partial charge in [0.05, 0.1) is 10.0 Å². The van der Waals surface area contributed by atoms with Crippen molar-refractivity contribution in [1.29, 1.82) is 0 Å². The number of halogens is 6. The average molecular weight is 417 g/mol. The van der Waals surface area contributed by atoms with Gasteiger partial charge in [-0.25, -0.2) is 4.39 Å². The standard InChI is InChI=1S/C16H18Cl2F4N2O2/c1-8(24(7-15(2,3)4)14(26)16(20,21)22)13(25)23-9-5-10(17)12(19)11(18)6-9/h5-6,8H,7H2,1-4H3,(H,23,25)/t8-/m1/s1. The summed E-state index contributed by atoms with van der Waals surface area (Å²) in [5, 5.41) is 1.56. The molecule has 0 aliphatic rings. The molecule has 0 fully saturated rings. The quantitative estimate of drug-likeness (QED) is 0.560. The summed E-state index contributed by atoms with van der Waals surface area (Å²) in [6.45, 7) is 5.76. The van der Waals surface area contributed by atoms with Crippen molar-refractivity contribution in [2.75, 3.05) is 11.9 Å². The maximum Gasteiger partial charge on any atom is 0.471 e. The molecule has 1 rings (SSSR count). The molecule has 1 aromatic carbocycles. The summed E-state index contributed by atoms with van der Waals surface area (Å²) in [5.74, 6) is -3.91. The zero-order valence-electron chi connectivity index (χ0n) is 14.5. The molecule has 0 aromatic heterocycles. The number of benzene rings is 1. The van der Waals surface area contributed by atoms with Gasteiger partial charge in [-0.15, -0.1) is 0 Å². The Kier molecular flexibility index (Phi) is 6.92. The molecule has 146 valence electrons. The maximum absolute atomic E-state index is 13.4. The Labute approximate surface area is 158 Å². The van der Waals surface area contributed by atoms with E-state index in [0.717, 1.165) is 19.1 Å². The van der Waals surface area contributed by atoms with Crippen LogP contribution in [0.2, 0.25) is 10.0 Å². The molecule has 26 heavy (non-hydrogen) atoms. The van der Waals surface area contributed by atoms with E-state index in [4.69, 9.17) is 23.2 Å². The van der Waals surface area contributed by atoms with Gasteiger partial charge in [0.2, 0.25) is 5.91 Å². The van der Waals surface area contributed by atoms with Gasteiger partial charge in [-0.1, -0.05) is 44.0 Å².